The fourth-order valence-corrected chi connectivity index (χ4v) is 4.40. The quantitative estimate of drug-likeness (QED) is 0.223. The second kappa shape index (κ2) is 9.46. The highest BCUT2D eigenvalue weighted by Gasteiger charge is 2.28. The first-order chi connectivity index (χ1) is 17.4. The predicted octanol–water partition coefficient (Wildman–Crippen LogP) is 5.33. The van der Waals surface area contributed by atoms with Gasteiger partial charge in [-0.15, -0.1) is 0 Å². The van der Waals surface area contributed by atoms with Crippen molar-refractivity contribution in [2.45, 2.75) is 19.8 Å². The molecular weight excluding hydrogens is 462 g/mol. The molecule has 1 aliphatic rings. The summed E-state index contributed by atoms with van der Waals surface area (Å²) in [6.07, 6.45) is 4.77. The van der Waals surface area contributed by atoms with E-state index >= 15 is 0 Å². The summed E-state index contributed by atoms with van der Waals surface area (Å²) in [5.41, 5.74) is 3.78. The van der Waals surface area contributed by atoms with Gasteiger partial charge >= 0.3 is 5.97 Å². The third-order valence-electron chi connectivity index (χ3n) is 6.05. The molecule has 5 rings (SSSR count). The highest BCUT2D eigenvalue weighted by molar-refractivity contribution is 6.08. The van der Waals surface area contributed by atoms with Crippen molar-refractivity contribution in [2.75, 3.05) is 11.9 Å². The monoisotopic (exact) mass is 483 g/mol. The first kappa shape index (κ1) is 23.0. The SMILES string of the molecule is Cc1cccc([N+](=O)[O-])c1NC(=O)COC(=O)c1c2c(nc3ccccc13)/C(=C/c1ccco1)CC2. The number of benzene rings is 2. The Bertz CT molecular complexity index is 1540. The van der Waals surface area contributed by atoms with Gasteiger partial charge in [0, 0.05) is 11.5 Å². The van der Waals surface area contributed by atoms with E-state index < -0.39 is 23.4 Å². The van der Waals surface area contributed by atoms with Gasteiger partial charge in [-0.05, 0) is 60.7 Å². The highest BCUT2D eigenvalue weighted by atomic mass is 16.6. The van der Waals surface area contributed by atoms with Gasteiger partial charge in [0.15, 0.2) is 6.61 Å². The van der Waals surface area contributed by atoms with Crippen LogP contribution in [0.3, 0.4) is 0 Å². The lowest BCUT2D eigenvalue weighted by molar-refractivity contribution is -0.384. The number of nitro benzene ring substituents is 1. The molecule has 2 heterocycles. The van der Waals surface area contributed by atoms with Crippen LogP contribution in [0.25, 0.3) is 22.6 Å². The number of nitrogens with zero attached hydrogens (tertiary/aromatic N) is 2. The maximum Gasteiger partial charge on any atom is 0.339 e. The Labute approximate surface area is 205 Å². The number of carbonyl (C=O) groups is 2. The van der Waals surface area contributed by atoms with Gasteiger partial charge in [-0.2, -0.15) is 0 Å². The van der Waals surface area contributed by atoms with Gasteiger partial charge in [0.05, 0.1) is 28.0 Å². The maximum atomic E-state index is 13.3. The molecule has 1 aliphatic carbocycles. The van der Waals surface area contributed by atoms with E-state index in [4.69, 9.17) is 14.1 Å². The van der Waals surface area contributed by atoms with Gasteiger partial charge in [-0.25, -0.2) is 9.78 Å². The van der Waals surface area contributed by atoms with E-state index in [9.17, 15) is 19.7 Å². The Morgan fingerprint density at radius 2 is 1.97 bits per heavy atom. The van der Waals surface area contributed by atoms with E-state index in [2.05, 4.69) is 5.32 Å². The van der Waals surface area contributed by atoms with Gasteiger partial charge in [0.25, 0.3) is 11.6 Å². The molecule has 9 nitrogen and oxygen atoms in total. The molecule has 2 aromatic carbocycles. The predicted molar refractivity (Wildman–Crippen MR) is 133 cm³/mol. The zero-order valence-corrected chi connectivity index (χ0v) is 19.3. The molecular formula is C27H21N3O6. The first-order valence-electron chi connectivity index (χ1n) is 11.3. The zero-order chi connectivity index (χ0) is 25.2. The number of fused-ring (bicyclic) bond motifs is 2. The number of amides is 1. The molecule has 1 N–H and O–H groups in total. The molecule has 9 heteroatoms. The number of furan rings is 1. The van der Waals surface area contributed by atoms with Crippen molar-refractivity contribution in [3.8, 4) is 0 Å². The van der Waals surface area contributed by atoms with E-state index in [0.717, 1.165) is 11.1 Å². The minimum Gasteiger partial charge on any atom is -0.465 e. The maximum absolute atomic E-state index is 13.3. The Morgan fingerprint density at radius 1 is 1.14 bits per heavy atom. The van der Waals surface area contributed by atoms with Crippen LogP contribution < -0.4 is 5.32 Å². The Kier molecular flexibility index (Phi) is 6.03. The number of aryl methyl sites for hydroxylation is 1. The van der Waals surface area contributed by atoms with Crippen molar-refractivity contribution in [2.24, 2.45) is 0 Å². The molecule has 4 aromatic rings. The smallest absolute Gasteiger partial charge is 0.339 e. The van der Waals surface area contributed by atoms with Crippen LogP contribution in [0.15, 0.2) is 65.3 Å². The normalized spacial score (nSPS) is 13.5. The Hall–Kier alpha value is -4.79. The fraction of sp³-hybridized carbons (Fsp3) is 0.148. The number of hydrogen-bond acceptors (Lipinski definition) is 7. The number of nitrogens with one attached hydrogen (secondary N) is 1. The van der Waals surface area contributed by atoms with E-state index in [1.54, 1.807) is 31.4 Å². The van der Waals surface area contributed by atoms with Crippen molar-refractivity contribution >= 4 is 45.8 Å². The number of nitro groups is 1. The molecule has 0 saturated carbocycles. The minimum atomic E-state index is -0.672. The molecule has 0 saturated heterocycles. The number of allylic oxidation sites excluding steroid dienone is 1. The van der Waals surface area contributed by atoms with E-state index in [1.807, 2.05) is 30.3 Å². The van der Waals surface area contributed by atoms with E-state index in [1.165, 1.54) is 12.1 Å². The van der Waals surface area contributed by atoms with E-state index in [-0.39, 0.29) is 11.4 Å². The van der Waals surface area contributed by atoms with Crippen molar-refractivity contribution in [3.05, 3.63) is 99.1 Å². The summed E-state index contributed by atoms with van der Waals surface area (Å²) in [5.74, 6) is -0.633. The summed E-state index contributed by atoms with van der Waals surface area (Å²) in [6, 6.07) is 15.4. The van der Waals surface area contributed by atoms with Crippen molar-refractivity contribution in [1.29, 1.82) is 0 Å². The molecule has 0 radical (unpaired) electrons. The van der Waals surface area contributed by atoms with Gasteiger partial charge in [-0.1, -0.05) is 30.3 Å². The molecule has 0 fully saturated rings. The zero-order valence-electron chi connectivity index (χ0n) is 19.3. The van der Waals surface area contributed by atoms with Crippen LogP contribution >= 0.6 is 0 Å². The first-order valence-corrected chi connectivity index (χ1v) is 11.3. The summed E-state index contributed by atoms with van der Waals surface area (Å²) in [5, 5.41) is 14.5. The number of aromatic nitrogens is 1. The average Bonchev–Trinajstić information content (AvgIpc) is 3.52. The van der Waals surface area contributed by atoms with Crippen molar-refractivity contribution < 1.29 is 23.7 Å². The van der Waals surface area contributed by atoms with Crippen LogP contribution in [-0.4, -0.2) is 28.4 Å². The van der Waals surface area contributed by atoms with Crippen molar-refractivity contribution in [3.63, 3.8) is 0 Å². The summed E-state index contributed by atoms with van der Waals surface area (Å²) in [4.78, 5) is 41.4. The van der Waals surface area contributed by atoms with Gasteiger partial charge in [-0.3, -0.25) is 14.9 Å². The van der Waals surface area contributed by atoms with Crippen LogP contribution in [0.1, 0.15) is 39.4 Å². The number of ether oxygens (including phenoxy) is 1. The van der Waals surface area contributed by atoms with Crippen LogP contribution in [-0.2, 0) is 16.0 Å². The van der Waals surface area contributed by atoms with Gasteiger partial charge in [0.2, 0.25) is 0 Å². The molecule has 2 aromatic heterocycles. The largest absolute Gasteiger partial charge is 0.465 e. The van der Waals surface area contributed by atoms with Crippen LogP contribution in [0, 0.1) is 17.0 Å². The topological polar surface area (TPSA) is 125 Å². The molecule has 0 unspecified atom stereocenters. The second-order valence-electron chi connectivity index (χ2n) is 8.37. The Morgan fingerprint density at radius 3 is 2.75 bits per heavy atom. The number of para-hydroxylation sites is 2. The molecule has 0 spiro atoms. The van der Waals surface area contributed by atoms with Gasteiger partial charge < -0.3 is 14.5 Å². The lowest BCUT2D eigenvalue weighted by atomic mass is 10.0. The number of esters is 1. The highest BCUT2D eigenvalue weighted by Crippen LogP contribution is 2.38. The standard InChI is InChI=1S/C27H21N3O6/c1-16-6-4-10-22(30(33)34)25(16)29-23(31)15-36-27(32)24-19-8-2-3-9-21(19)28-26-17(11-12-20(24)26)14-18-7-5-13-35-18/h2-10,13-14H,11-12,15H2,1H3,(H,29,31)/b17-14+. The van der Waals surface area contributed by atoms with Crippen LogP contribution in [0.4, 0.5) is 11.4 Å². The molecule has 0 aliphatic heterocycles. The molecule has 0 bridgehead atoms. The molecule has 0 atom stereocenters. The lowest BCUT2D eigenvalue weighted by Crippen LogP contribution is -2.22. The van der Waals surface area contributed by atoms with Gasteiger partial charge in [0.1, 0.15) is 11.4 Å². The molecule has 36 heavy (non-hydrogen) atoms. The fourth-order valence-electron chi connectivity index (χ4n) is 4.40. The van der Waals surface area contributed by atoms with Crippen molar-refractivity contribution in [1.82, 2.24) is 4.98 Å². The summed E-state index contributed by atoms with van der Waals surface area (Å²) in [6.45, 7) is 1.06. The Balaban J connectivity index is 1.42. The number of anilines is 1. The third kappa shape index (κ3) is 4.34. The number of hydrogen-bond donors (Lipinski definition) is 1. The average molecular weight is 483 g/mol. The summed E-state index contributed by atoms with van der Waals surface area (Å²) >= 11 is 0. The number of pyridine rings is 1. The van der Waals surface area contributed by atoms with Crippen LogP contribution in [0.5, 0.6) is 0 Å². The number of rotatable bonds is 6. The van der Waals surface area contributed by atoms with Crippen LogP contribution in [0.2, 0.25) is 0 Å². The lowest BCUT2D eigenvalue weighted by Gasteiger charge is -2.13. The molecule has 180 valence electrons. The molecule has 1 amide bonds. The summed E-state index contributed by atoms with van der Waals surface area (Å²) < 4.78 is 10.8. The second-order valence-corrected chi connectivity index (χ2v) is 8.37. The minimum absolute atomic E-state index is 0.0755. The third-order valence-corrected chi connectivity index (χ3v) is 6.05. The number of carbonyl (C=O) groups excluding carboxylic acids is 2. The summed E-state index contributed by atoms with van der Waals surface area (Å²) in [7, 11) is 0. The van der Waals surface area contributed by atoms with E-state index in [0.29, 0.717) is 46.3 Å².